The number of aryl methyl sites for hydroxylation is 1. The average molecular weight is 638 g/mol. The first-order valence-corrected chi connectivity index (χ1v) is 16.3. The number of fused-ring (bicyclic) bond motifs is 1. The molecular weight excluding hydrogens is 602 g/mol. The Morgan fingerprint density at radius 3 is 2.52 bits per heavy atom. The van der Waals surface area contributed by atoms with Gasteiger partial charge in [0, 0.05) is 74.1 Å². The van der Waals surface area contributed by atoms with E-state index in [4.69, 9.17) is 0 Å². The van der Waals surface area contributed by atoms with Gasteiger partial charge in [0.1, 0.15) is 18.3 Å². The number of amides is 2. The first kappa shape index (κ1) is 30.0. The van der Waals surface area contributed by atoms with Crippen molar-refractivity contribution in [3.05, 3.63) is 101 Å². The maximum absolute atomic E-state index is 14.1. The highest BCUT2D eigenvalue weighted by atomic mass is 32.1. The predicted molar refractivity (Wildman–Crippen MR) is 174 cm³/mol. The first-order chi connectivity index (χ1) is 22.3. The molecule has 46 heavy (non-hydrogen) atoms. The highest BCUT2D eigenvalue weighted by Gasteiger charge is 2.42. The number of rotatable bonds is 6. The second-order valence-electron chi connectivity index (χ2n) is 12.3. The Bertz CT molecular complexity index is 1930. The lowest BCUT2D eigenvalue weighted by Crippen LogP contribution is -2.53. The number of aliphatic hydroxyl groups is 1. The maximum Gasteiger partial charge on any atom is 0.263 e. The number of hydrogen-bond donors (Lipinski definition) is 1. The number of carbonyl (C=O) groups excluding carboxylic acids is 2. The maximum atomic E-state index is 14.1. The minimum absolute atomic E-state index is 0.0404. The Kier molecular flexibility index (Phi) is 7.99. The standard InChI is InChI=1S/C34H35N7O4S/c1-38-13-9-26-30(38)37-22-41(32(26)43)20-34(45)11-15-39(16-12-34)31(42)25-10-14-40(19-27(25)23-5-3-2-4-6-23)33(44)29-8-7-28(46-29)24-17-35-21-36-18-24/h2-9,13,17-18,21-22,25,27,45H,10-12,14-16,19-20H2,1H3/t25-,27+/m1/s1. The Balaban J connectivity index is 1.04. The van der Waals surface area contributed by atoms with Gasteiger partial charge in [-0.15, -0.1) is 11.3 Å². The molecule has 2 atom stereocenters. The summed E-state index contributed by atoms with van der Waals surface area (Å²) in [5.74, 6) is -0.432. The fourth-order valence-electron chi connectivity index (χ4n) is 6.81. The zero-order chi connectivity index (χ0) is 31.8. The molecule has 4 aromatic heterocycles. The quantitative estimate of drug-likeness (QED) is 0.302. The number of likely N-dealkylation sites (tertiary alicyclic amines) is 2. The van der Waals surface area contributed by atoms with Gasteiger partial charge >= 0.3 is 0 Å². The molecule has 2 amide bonds. The second-order valence-corrected chi connectivity index (χ2v) is 13.4. The Morgan fingerprint density at radius 1 is 1.00 bits per heavy atom. The van der Waals surface area contributed by atoms with Crippen molar-refractivity contribution in [1.29, 1.82) is 0 Å². The topological polar surface area (TPSA) is 126 Å². The van der Waals surface area contributed by atoms with Gasteiger partial charge < -0.3 is 19.5 Å². The zero-order valence-corrected chi connectivity index (χ0v) is 26.3. The molecule has 11 nitrogen and oxygen atoms in total. The van der Waals surface area contributed by atoms with Crippen molar-refractivity contribution in [1.82, 2.24) is 33.9 Å². The SMILES string of the molecule is Cn1ccc2c(=O)n(CC3(O)CCN(C(=O)[C@@H]4CCN(C(=O)c5ccc(-c6cncnc6)s5)C[C@H]4c4ccccc4)CC3)cnc21. The molecule has 1 aromatic carbocycles. The van der Waals surface area contributed by atoms with Crippen molar-refractivity contribution in [2.75, 3.05) is 26.2 Å². The third-order valence-electron chi connectivity index (χ3n) is 9.43. The van der Waals surface area contributed by atoms with Crippen molar-refractivity contribution in [2.45, 2.75) is 37.3 Å². The molecule has 0 bridgehead atoms. The number of piperidine rings is 2. The number of carbonyl (C=O) groups is 2. The van der Waals surface area contributed by atoms with Gasteiger partial charge in [0.25, 0.3) is 11.5 Å². The van der Waals surface area contributed by atoms with E-state index in [2.05, 4.69) is 15.0 Å². The van der Waals surface area contributed by atoms with Gasteiger partial charge in [-0.25, -0.2) is 15.0 Å². The highest BCUT2D eigenvalue weighted by molar-refractivity contribution is 7.17. The van der Waals surface area contributed by atoms with E-state index < -0.39 is 5.60 Å². The summed E-state index contributed by atoms with van der Waals surface area (Å²) in [5, 5.41) is 12.0. The summed E-state index contributed by atoms with van der Waals surface area (Å²) in [5.41, 5.74) is 1.20. The third kappa shape index (κ3) is 5.74. The van der Waals surface area contributed by atoms with E-state index in [0.717, 1.165) is 16.0 Å². The summed E-state index contributed by atoms with van der Waals surface area (Å²) in [7, 11) is 1.84. The number of benzene rings is 1. The normalized spacial score (nSPS) is 19.8. The summed E-state index contributed by atoms with van der Waals surface area (Å²) in [6, 6.07) is 15.5. The fraction of sp³-hybridized carbons (Fsp3) is 0.353. The summed E-state index contributed by atoms with van der Waals surface area (Å²) in [4.78, 5) is 58.7. The molecule has 0 aliphatic carbocycles. The Labute approximate surface area is 269 Å². The van der Waals surface area contributed by atoms with Crippen LogP contribution in [-0.4, -0.2) is 82.6 Å². The van der Waals surface area contributed by atoms with Crippen LogP contribution in [0.15, 0.2) is 84.6 Å². The van der Waals surface area contributed by atoms with Crippen molar-refractivity contribution in [2.24, 2.45) is 13.0 Å². The van der Waals surface area contributed by atoms with Crippen LogP contribution in [-0.2, 0) is 18.4 Å². The molecule has 0 spiro atoms. The molecule has 2 aliphatic rings. The number of nitrogens with zero attached hydrogens (tertiary/aromatic N) is 7. The monoisotopic (exact) mass is 637 g/mol. The molecule has 2 fully saturated rings. The van der Waals surface area contributed by atoms with E-state index in [-0.39, 0.29) is 35.8 Å². The van der Waals surface area contributed by atoms with Gasteiger partial charge in [-0.1, -0.05) is 30.3 Å². The molecule has 2 saturated heterocycles. The molecule has 0 radical (unpaired) electrons. The second kappa shape index (κ2) is 12.3. The molecular formula is C34H35N7O4S. The van der Waals surface area contributed by atoms with E-state index in [1.807, 2.05) is 59.3 Å². The van der Waals surface area contributed by atoms with Crippen LogP contribution in [0.3, 0.4) is 0 Å². The van der Waals surface area contributed by atoms with E-state index in [1.54, 1.807) is 29.2 Å². The first-order valence-electron chi connectivity index (χ1n) is 15.5. The fourth-order valence-corrected chi connectivity index (χ4v) is 7.76. The predicted octanol–water partition coefficient (Wildman–Crippen LogP) is 3.55. The van der Waals surface area contributed by atoms with E-state index >= 15 is 0 Å². The molecule has 12 heteroatoms. The van der Waals surface area contributed by atoms with Crippen LogP contribution in [0.1, 0.15) is 40.4 Å². The summed E-state index contributed by atoms with van der Waals surface area (Å²) < 4.78 is 3.27. The number of hydrogen-bond acceptors (Lipinski definition) is 8. The lowest BCUT2D eigenvalue weighted by Gasteiger charge is -2.43. The van der Waals surface area contributed by atoms with Crippen LogP contribution in [0.25, 0.3) is 21.5 Å². The van der Waals surface area contributed by atoms with E-state index in [9.17, 15) is 19.5 Å². The zero-order valence-electron chi connectivity index (χ0n) is 25.5. The van der Waals surface area contributed by atoms with Gasteiger partial charge in [-0.3, -0.25) is 19.0 Å². The lowest BCUT2D eigenvalue weighted by atomic mass is 9.79. The van der Waals surface area contributed by atoms with Crippen LogP contribution in [0.4, 0.5) is 0 Å². The van der Waals surface area contributed by atoms with Gasteiger partial charge in [0.2, 0.25) is 5.91 Å². The van der Waals surface area contributed by atoms with Crippen LogP contribution < -0.4 is 5.56 Å². The average Bonchev–Trinajstić information content (AvgIpc) is 3.74. The molecule has 0 unspecified atom stereocenters. The smallest absolute Gasteiger partial charge is 0.263 e. The Hall–Kier alpha value is -4.68. The summed E-state index contributed by atoms with van der Waals surface area (Å²) in [6.45, 7) is 1.84. The molecule has 1 N–H and O–H groups in total. The van der Waals surface area contributed by atoms with E-state index in [1.165, 1.54) is 28.6 Å². The highest BCUT2D eigenvalue weighted by Crippen LogP contribution is 2.37. The van der Waals surface area contributed by atoms with Crippen LogP contribution in [0.5, 0.6) is 0 Å². The van der Waals surface area contributed by atoms with Crippen molar-refractivity contribution in [3.63, 3.8) is 0 Å². The minimum Gasteiger partial charge on any atom is -0.388 e. The van der Waals surface area contributed by atoms with Gasteiger partial charge in [0.05, 0.1) is 22.4 Å². The van der Waals surface area contributed by atoms with Gasteiger partial charge in [0.15, 0.2) is 0 Å². The molecule has 236 valence electrons. The third-order valence-corrected chi connectivity index (χ3v) is 10.6. The number of thiophene rings is 1. The molecule has 7 rings (SSSR count). The Morgan fingerprint density at radius 2 is 1.76 bits per heavy atom. The molecule has 5 aromatic rings. The van der Waals surface area contributed by atoms with Crippen LogP contribution >= 0.6 is 11.3 Å². The van der Waals surface area contributed by atoms with Crippen molar-refractivity contribution in [3.8, 4) is 10.4 Å². The van der Waals surface area contributed by atoms with Gasteiger partial charge in [-0.05, 0) is 43.0 Å². The largest absolute Gasteiger partial charge is 0.388 e. The van der Waals surface area contributed by atoms with Crippen LogP contribution in [0.2, 0.25) is 0 Å². The van der Waals surface area contributed by atoms with Crippen LogP contribution in [0, 0.1) is 5.92 Å². The summed E-state index contributed by atoms with van der Waals surface area (Å²) in [6.07, 6.45) is 9.51. The molecule has 2 aliphatic heterocycles. The van der Waals surface area contributed by atoms with Crippen molar-refractivity contribution >= 4 is 34.2 Å². The molecule has 6 heterocycles. The number of aromatic nitrogens is 5. The van der Waals surface area contributed by atoms with Gasteiger partial charge in [-0.2, -0.15) is 0 Å². The van der Waals surface area contributed by atoms with Crippen molar-refractivity contribution < 1.29 is 14.7 Å². The van der Waals surface area contributed by atoms with E-state index in [0.29, 0.717) is 61.4 Å². The minimum atomic E-state index is -1.12. The lowest BCUT2D eigenvalue weighted by molar-refractivity contribution is -0.142. The molecule has 0 saturated carbocycles. The summed E-state index contributed by atoms with van der Waals surface area (Å²) >= 11 is 1.42.